The van der Waals surface area contributed by atoms with Crippen molar-refractivity contribution in [3.63, 3.8) is 0 Å². The van der Waals surface area contributed by atoms with Gasteiger partial charge in [0.25, 0.3) is 5.69 Å². The Morgan fingerprint density at radius 1 is 1.47 bits per heavy atom. The molecule has 1 rings (SSSR count). The molecule has 0 saturated heterocycles. The van der Waals surface area contributed by atoms with Crippen molar-refractivity contribution in [2.75, 3.05) is 11.9 Å². The maximum atomic E-state index is 12.7. The molecule has 0 aliphatic rings. The molecule has 0 bridgehead atoms. The van der Waals surface area contributed by atoms with Gasteiger partial charge in [-0.2, -0.15) is 14.0 Å². The summed E-state index contributed by atoms with van der Waals surface area (Å²) in [6, 6.07) is 4.66. The fraction of sp³-hybridized carbons (Fsp3) is 0.300. The van der Waals surface area contributed by atoms with Crippen molar-refractivity contribution >= 4 is 11.4 Å². The highest BCUT2D eigenvalue weighted by molar-refractivity contribution is 5.64. The first-order chi connectivity index (χ1) is 8.77. The molecular formula is C10H7F4N3O2. The number of nitrogens with one attached hydrogen (secondary N) is 1. The number of benzene rings is 1. The molecule has 0 radical (unpaired) electrons. The summed E-state index contributed by atoms with van der Waals surface area (Å²) in [4.78, 5) is 9.77. The minimum absolute atomic E-state index is 0.0436. The van der Waals surface area contributed by atoms with Crippen LogP contribution >= 0.6 is 0 Å². The van der Waals surface area contributed by atoms with E-state index >= 15 is 0 Å². The van der Waals surface area contributed by atoms with Crippen LogP contribution in [0.2, 0.25) is 0 Å². The van der Waals surface area contributed by atoms with Crippen molar-refractivity contribution in [2.45, 2.75) is 12.3 Å². The second kappa shape index (κ2) is 5.51. The zero-order valence-corrected chi connectivity index (χ0v) is 9.24. The lowest BCUT2D eigenvalue weighted by atomic mass is 10.2. The average molecular weight is 277 g/mol. The molecule has 0 aliphatic carbocycles. The van der Waals surface area contributed by atoms with E-state index in [1.165, 1.54) is 0 Å². The van der Waals surface area contributed by atoms with E-state index in [9.17, 15) is 27.7 Å². The number of hydrogen-bond donors (Lipinski definition) is 1. The largest absolute Gasteiger partial charge is 0.373 e. The molecule has 5 nitrogen and oxygen atoms in total. The van der Waals surface area contributed by atoms with E-state index in [1.807, 2.05) is 5.32 Å². The summed E-state index contributed by atoms with van der Waals surface area (Å²) in [5.41, 5.74) is -1.04. The minimum atomic E-state index is -4.30. The number of rotatable bonds is 5. The first kappa shape index (κ1) is 14.7. The maximum absolute atomic E-state index is 12.7. The quantitative estimate of drug-likeness (QED) is 0.510. The van der Waals surface area contributed by atoms with Crippen molar-refractivity contribution in [1.29, 1.82) is 5.26 Å². The Morgan fingerprint density at radius 3 is 2.58 bits per heavy atom. The fourth-order valence-corrected chi connectivity index (χ4v) is 1.19. The molecule has 0 unspecified atom stereocenters. The average Bonchev–Trinajstić information content (AvgIpc) is 2.35. The second-order valence-corrected chi connectivity index (χ2v) is 3.52. The third-order valence-corrected chi connectivity index (χ3v) is 2.16. The van der Waals surface area contributed by atoms with Gasteiger partial charge >= 0.3 is 12.3 Å². The monoisotopic (exact) mass is 277 g/mol. The molecule has 1 aromatic rings. The second-order valence-electron chi connectivity index (χ2n) is 3.52. The molecule has 0 aliphatic heterocycles. The normalized spacial score (nSPS) is 11.2. The third-order valence-electron chi connectivity index (χ3n) is 2.16. The van der Waals surface area contributed by atoms with E-state index in [2.05, 4.69) is 0 Å². The van der Waals surface area contributed by atoms with Crippen LogP contribution in [-0.4, -0.2) is 23.8 Å². The van der Waals surface area contributed by atoms with Gasteiger partial charge < -0.3 is 5.32 Å². The molecule has 1 aromatic carbocycles. The lowest BCUT2D eigenvalue weighted by molar-refractivity contribution is -0.384. The van der Waals surface area contributed by atoms with Gasteiger partial charge in [0.1, 0.15) is 5.69 Å². The van der Waals surface area contributed by atoms with Crippen LogP contribution < -0.4 is 5.32 Å². The number of nitro groups is 1. The number of anilines is 1. The molecule has 0 heterocycles. The van der Waals surface area contributed by atoms with Crippen LogP contribution in [-0.2, 0) is 0 Å². The van der Waals surface area contributed by atoms with E-state index in [4.69, 9.17) is 5.26 Å². The molecule has 0 atom stereocenters. The van der Waals surface area contributed by atoms with E-state index in [-0.39, 0.29) is 11.3 Å². The Hall–Kier alpha value is -2.37. The zero-order chi connectivity index (χ0) is 14.6. The predicted molar refractivity (Wildman–Crippen MR) is 57.3 cm³/mol. The number of hydrogen-bond acceptors (Lipinski definition) is 4. The summed E-state index contributed by atoms with van der Waals surface area (Å²) in [7, 11) is 0. The van der Waals surface area contributed by atoms with E-state index < -0.39 is 29.5 Å². The number of halogens is 4. The summed E-state index contributed by atoms with van der Waals surface area (Å²) in [5.74, 6) is -4.30. The Kier molecular flexibility index (Phi) is 4.26. The van der Waals surface area contributed by atoms with Gasteiger partial charge in [0.05, 0.1) is 23.1 Å². The van der Waals surface area contributed by atoms with E-state index in [0.29, 0.717) is 0 Å². The summed E-state index contributed by atoms with van der Waals surface area (Å²) >= 11 is 0. The van der Waals surface area contributed by atoms with Crippen LogP contribution in [0.25, 0.3) is 0 Å². The van der Waals surface area contributed by atoms with Crippen molar-refractivity contribution < 1.29 is 22.5 Å². The highest BCUT2D eigenvalue weighted by atomic mass is 19.3. The van der Waals surface area contributed by atoms with Gasteiger partial charge in [0, 0.05) is 6.07 Å². The van der Waals surface area contributed by atoms with E-state index in [1.54, 1.807) is 6.07 Å². The van der Waals surface area contributed by atoms with Crippen LogP contribution in [0.4, 0.5) is 28.9 Å². The SMILES string of the molecule is N#Cc1ccc(NCC(F)(F)C(F)F)c([N+](=O)[O-])c1. The standard InChI is InChI=1S/C10H7F4N3O2/c11-9(12)10(13,14)5-16-7-2-1-6(4-15)3-8(7)17(18)19/h1-3,9,16H,5H2. The molecule has 102 valence electrons. The molecule has 9 heteroatoms. The Bertz CT molecular complexity index is 528. The van der Waals surface area contributed by atoms with Gasteiger partial charge in [-0.25, -0.2) is 8.78 Å². The van der Waals surface area contributed by atoms with Crippen LogP contribution in [0.5, 0.6) is 0 Å². The minimum Gasteiger partial charge on any atom is -0.373 e. The summed E-state index contributed by atoms with van der Waals surface area (Å²) < 4.78 is 49.2. The summed E-state index contributed by atoms with van der Waals surface area (Å²) in [6.07, 6.45) is -3.88. The number of nitrogens with zero attached hydrogens (tertiary/aromatic N) is 2. The molecule has 0 amide bonds. The molecular weight excluding hydrogens is 270 g/mol. The van der Waals surface area contributed by atoms with Crippen LogP contribution in [0.1, 0.15) is 5.56 Å². The highest BCUT2D eigenvalue weighted by Crippen LogP contribution is 2.28. The molecule has 19 heavy (non-hydrogen) atoms. The Morgan fingerprint density at radius 2 is 2.11 bits per heavy atom. The lowest BCUT2D eigenvalue weighted by Gasteiger charge is -2.16. The topological polar surface area (TPSA) is 79.0 Å². The van der Waals surface area contributed by atoms with Crippen molar-refractivity contribution in [2.24, 2.45) is 0 Å². The van der Waals surface area contributed by atoms with E-state index in [0.717, 1.165) is 18.2 Å². The van der Waals surface area contributed by atoms with Crippen molar-refractivity contribution in [1.82, 2.24) is 0 Å². The van der Waals surface area contributed by atoms with Crippen LogP contribution in [0, 0.1) is 21.4 Å². The van der Waals surface area contributed by atoms with Crippen LogP contribution in [0.3, 0.4) is 0 Å². The maximum Gasteiger partial charge on any atom is 0.324 e. The fourth-order valence-electron chi connectivity index (χ4n) is 1.19. The van der Waals surface area contributed by atoms with Gasteiger partial charge in [-0.05, 0) is 12.1 Å². The predicted octanol–water partition coefficient (Wildman–Crippen LogP) is 2.78. The third kappa shape index (κ3) is 3.54. The van der Waals surface area contributed by atoms with Crippen molar-refractivity contribution in [3.05, 3.63) is 33.9 Å². The Balaban J connectivity index is 2.96. The Labute approximate surface area is 104 Å². The summed E-state index contributed by atoms with van der Waals surface area (Å²) in [6.45, 7) is -1.45. The van der Waals surface area contributed by atoms with Gasteiger partial charge in [0.2, 0.25) is 0 Å². The van der Waals surface area contributed by atoms with Gasteiger partial charge in [0.15, 0.2) is 0 Å². The zero-order valence-electron chi connectivity index (χ0n) is 9.24. The molecule has 0 fully saturated rings. The molecule has 0 spiro atoms. The van der Waals surface area contributed by atoms with Crippen LogP contribution in [0.15, 0.2) is 18.2 Å². The van der Waals surface area contributed by atoms with Gasteiger partial charge in [-0.15, -0.1) is 0 Å². The smallest absolute Gasteiger partial charge is 0.324 e. The first-order valence-electron chi connectivity index (χ1n) is 4.86. The molecule has 0 aromatic heterocycles. The summed E-state index contributed by atoms with van der Waals surface area (Å²) in [5, 5.41) is 21.1. The first-order valence-corrected chi connectivity index (χ1v) is 4.86. The molecule has 1 N–H and O–H groups in total. The van der Waals surface area contributed by atoms with Crippen molar-refractivity contribution in [3.8, 4) is 6.07 Å². The number of nitro benzene ring substituents is 1. The number of alkyl halides is 4. The van der Waals surface area contributed by atoms with Gasteiger partial charge in [-0.1, -0.05) is 0 Å². The highest BCUT2D eigenvalue weighted by Gasteiger charge is 2.40. The van der Waals surface area contributed by atoms with Gasteiger partial charge in [-0.3, -0.25) is 10.1 Å². The lowest BCUT2D eigenvalue weighted by Crippen LogP contribution is -2.34. The number of nitriles is 1. The molecule has 0 saturated carbocycles.